The van der Waals surface area contributed by atoms with Gasteiger partial charge in [0.2, 0.25) is 5.91 Å². The SMILES string of the molecule is CC[C@H](C)[C@H](NCC(=O)NC(C)c1ccc2ccccc2c1)C(=O)O. The Labute approximate surface area is 148 Å². The summed E-state index contributed by atoms with van der Waals surface area (Å²) < 4.78 is 0. The van der Waals surface area contributed by atoms with Crippen molar-refractivity contribution in [2.75, 3.05) is 6.54 Å². The van der Waals surface area contributed by atoms with Crippen molar-refractivity contribution in [3.63, 3.8) is 0 Å². The second-order valence-electron chi connectivity index (χ2n) is 6.48. The average molecular weight is 342 g/mol. The van der Waals surface area contributed by atoms with E-state index >= 15 is 0 Å². The van der Waals surface area contributed by atoms with Gasteiger partial charge in [0.15, 0.2) is 0 Å². The van der Waals surface area contributed by atoms with Crippen LogP contribution in [0.3, 0.4) is 0 Å². The number of amides is 1. The number of rotatable bonds is 8. The Bertz CT molecular complexity index is 745. The average Bonchev–Trinajstić information content (AvgIpc) is 2.60. The van der Waals surface area contributed by atoms with Gasteiger partial charge in [-0.25, -0.2) is 0 Å². The zero-order chi connectivity index (χ0) is 18.4. The van der Waals surface area contributed by atoms with Gasteiger partial charge in [0, 0.05) is 0 Å². The van der Waals surface area contributed by atoms with E-state index in [1.807, 2.05) is 57.2 Å². The number of hydrogen-bond acceptors (Lipinski definition) is 3. The van der Waals surface area contributed by atoms with E-state index in [0.29, 0.717) is 0 Å². The first-order chi connectivity index (χ1) is 11.9. The van der Waals surface area contributed by atoms with Crippen LogP contribution in [0.5, 0.6) is 0 Å². The second-order valence-corrected chi connectivity index (χ2v) is 6.48. The first-order valence-electron chi connectivity index (χ1n) is 8.66. The van der Waals surface area contributed by atoms with E-state index in [4.69, 9.17) is 0 Å². The third-order valence-corrected chi connectivity index (χ3v) is 4.61. The van der Waals surface area contributed by atoms with Crippen LogP contribution < -0.4 is 10.6 Å². The summed E-state index contributed by atoms with van der Waals surface area (Å²) in [5.41, 5.74) is 1.02. The molecule has 1 amide bonds. The standard InChI is InChI=1S/C20H26N2O3/c1-4-13(2)19(20(24)25)21-12-18(23)22-14(3)16-10-9-15-7-5-6-8-17(15)11-16/h5-11,13-14,19,21H,4,12H2,1-3H3,(H,22,23)(H,24,25)/t13-,14?,19-/m0/s1. The third-order valence-electron chi connectivity index (χ3n) is 4.61. The van der Waals surface area contributed by atoms with E-state index in [9.17, 15) is 14.7 Å². The van der Waals surface area contributed by atoms with Crippen LogP contribution >= 0.6 is 0 Å². The largest absolute Gasteiger partial charge is 0.480 e. The molecule has 3 N–H and O–H groups in total. The van der Waals surface area contributed by atoms with Crippen molar-refractivity contribution >= 4 is 22.6 Å². The van der Waals surface area contributed by atoms with Gasteiger partial charge in [-0.15, -0.1) is 0 Å². The quantitative estimate of drug-likeness (QED) is 0.689. The van der Waals surface area contributed by atoms with Gasteiger partial charge in [-0.1, -0.05) is 56.7 Å². The minimum absolute atomic E-state index is 0.0147. The maximum Gasteiger partial charge on any atom is 0.320 e. The van der Waals surface area contributed by atoms with Crippen molar-refractivity contribution in [1.82, 2.24) is 10.6 Å². The molecule has 0 spiro atoms. The second kappa shape index (κ2) is 8.62. The monoisotopic (exact) mass is 342 g/mol. The predicted octanol–water partition coefficient (Wildman–Crippen LogP) is 3.11. The lowest BCUT2D eigenvalue weighted by Crippen LogP contribution is -2.46. The molecule has 0 aliphatic heterocycles. The zero-order valence-corrected chi connectivity index (χ0v) is 15.0. The molecule has 2 rings (SSSR count). The molecule has 2 aromatic rings. The Balaban J connectivity index is 1.95. The maximum absolute atomic E-state index is 12.2. The molecular formula is C20H26N2O3. The molecule has 0 bridgehead atoms. The normalized spacial score (nSPS) is 14.7. The molecule has 0 aliphatic rings. The van der Waals surface area contributed by atoms with Crippen LogP contribution in [0.25, 0.3) is 10.8 Å². The fraction of sp³-hybridized carbons (Fsp3) is 0.400. The van der Waals surface area contributed by atoms with Crippen molar-refractivity contribution < 1.29 is 14.7 Å². The number of hydrogen-bond donors (Lipinski definition) is 3. The summed E-state index contributed by atoms with van der Waals surface area (Å²) in [6.07, 6.45) is 0.735. The number of carbonyl (C=O) groups is 2. The molecule has 134 valence electrons. The van der Waals surface area contributed by atoms with Crippen molar-refractivity contribution in [3.8, 4) is 0 Å². The Morgan fingerprint density at radius 3 is 2.40 bits per heavy atom. The molecule has 5 heteroatoms. The van der Waals surface area contributed by atoms with Gasteiger partial charge >= 0.3 is 5.97 Å². The highest BCUT2D eigenvalue weighted by Gasteiger charge is 2.23. The third kappa shape index (κ3) is 5.03. The van der Waals surface area contributed by atoms with E-state index in [0.717, 1.165) is 22.8 Å². The lowest BCUT2D eigenvalue weighted by Gasteiger charge is -2.21. The number of benzene rings is 2. The highest BCUT2D eigenvalue weighted by Crippen LogP contribution is 2.20. The number of carbonyl (C=O) groups excluding carboxylic acids is 1. The van der Waals surface area contributed by atoms with Gasteiger partial charge in [-0.05, 0) is 35.2 Å². The number of carboxylic acid groups (broad SMARTS) is 1. The molecule has 5 nitrogen and oxygen atoms in total. The summed E-state index contributed by atoms with van der Waals surface area (Å²) in [5.74, 6) is -1.18. The maximum atomic E-state index is 12.2. The fourth-order valence-electron chi connectivity index (χ4n) is 2.82. The molecule has 1 unspecified atom stereocenters. The fourth-order valence-corrected chi connectivity index (χ4v) is 2.82. The molecule has 0 fully saturated rings. The molecule has 0 heterocycles. The molecule has 3 atom stereocenters. The topological polar surface area (TPSA) is 78.4 Å². The smallest absolute Gasteiger partial charge is 0.320 e. The first kappa shape index (κ1) is 18.9. The Morgan fingerprint density at radius 2 is 1.76 bits per heavy atom. The lowest BCUT2D eigenvalue weighted by molar-refractivity contribution is -0.141. The molecule has 0 aromatic heterocycles. The van der Waals surface area contributed by atoms with Crippen LogP contribution in [0.2, 0.25) is 0 Å². The van der Waals surface area contributed by atoms with Crippen molar-refractivity contribution in [1.29, 1.82) is 0 Å². The lowest BCUT2D eigenvalue weighted by atomic mass is 9.99. The minimum Gasteiger partial charge on any atom is -0.480 e. The molecule has 25 heavy (non-hydrogen) atoms. The van der Waals surface area contributed by atoms with E-state index < -0.39 is 12.0 Å². The highest BCUT2D eigenvalue weighted by molar-refractivity contribution is 5.84. The number of aliphatic carboxylic acids is 1. The van der Waals surface area contributed by atoms with Gasteiger partial charge in [0.05, 0.1) is 12.6 Å². The van der Waals surface area contributed by atoms with Gasteiger partial charge in [0.25, 0.3) is 0 Å². The van der Waals surface area contributed by atoms with Crippen LogP contribution in [-0.2, 0) is 9.59 Å². The van der Waals surface area contributed by atoms with Crippen molar-refractivity contribution in [2.45, 2.75) is 39.3 Å². The molecule has 0 radical (unpaired) electrons. The van der Waals surface area contributed by atoms with Crippen LogP contribution in [0.4, 0.5) is 0 Å². The Kier molecular flexibility index (Phi) is 6.53. The number of fused-ring (bicyclic) bond motifs is 1. The van der Waals surface area contributed by atoms with Gasteiger partial charge in [-0.3, -0.25) is 14.9 Å². The Morgan fingerprint density at radius 1 is 1.08 bits per heavy atom. The van der Waals surface area contributed by atoms with Crippen LogP contribution in [0.1, 0.15) is 38.8 Å². The molecule has 0 saturated heterocycles. The molecular weight excluding hydrogens is 316 g/mol. The highest BCUT2D eigenvalue weighted by atomic mass is 16.4. The van der Waals surface area contributed by atoms with E-state index in [2.05, 4.69) is 16.7 Å². The van der Waals surface area contributed by atoms with E-state index in [-0.39, 0.29) is 24.4 Å². The molecule has 0 saturated carbocycles. The van der Waals surface area contributed by atoms with E-state index in [1.54, 1.807) is 0 Å². The van der Waals surface area contributed by atoms with Crippen molar-refractivity contribution in [3.05, 3.63) is 48.0 Å². The zero-order valence-electron chi connectivity index (χ0n) is 15.0. The predicted molar refractivity (Wildman–Crippen MR) is 99.4 cm³/mol. The summed E-state index contributed by atoms with van der Waals surface area (Å²) in [4.78, 5) is 23.4. The number of nitrogens with one attached hydrogen (secondary N) is 2. The molecule has 0 aliphatic carbocycles. The Hall–Kier alpha value is -2.40. The minimum atomic E-state index is -0.926. The van der Waals surface area contributed by atoms with Crippen molar-refractivity contribution in [2.24, 2.45) is 5.92 Å². The van der Waals surface area contributed by atoms with Crippen LogP contribution in [0, 0.1) is 5.92 Å². The van der Waals surface area contributed by atoms with Crippen LogP contribution in [0.15, 0.2) is 42.5 Å². The summed E-state index contributed by atoms with van der Waals surface area (Å²) in [6, 6.07) is 13.3. The summed E-state index contributed by atoms with van der Waals surface area (Å²) in [5, 5.41) is 17.3. The van der Waals surface area contributed by atoms with Gasteiger partial charge in [0.1, 0.15) is 6.04 Å². The van der Waals surface area contributed by atoms with E-state index in [1.165, 1.54) is 0 Å². The van der Waals surface area contributed by atoms with Gasteiger partial charge < -0.3 is 10.4 Å². The molecule has 2 aromatic carbocycles. The first-order valence-corrected chi connectivity index (χ1v) is 8.66. The number of carboxylic acids is 1. The van der Waals surface area contributed by atoms with Crippen LogP contribution in [-0.4, -0.2) is 29.6 Å². The summed E-state index contributed by atoms with van der Waals surface area (Å²) in [7, 11) is 0. The van der Waals surface area contributed by atoms with Gasteiger partial charge in [-0.2, -0.15) is 0 Å². The summed E-state index contributed by atoms with van der Waals surface area (Å²) in [6.45, 7) is 5.70. The summed E-state index contributed by atoms with van der Waals surface area (Å²) >= 11 is 0.